The first kappa shape index (κ1) is 32.7. The number of alkyl halides is 1. The van der Waals surface area contributed by atoms with Gasteiger partial charge < -0.3 is 18.7 Å². The van der Waals surface area contributed by atoms with Gasteiger partial charge in [0.1, 0.15) is 18.0 Å². The third-order valence-electron chi connectivity index (χ3n) is 6.69. The van der Waals surface area contributed by atoms with E-state index in [2.05, 4.69) is 113 Å². The van der Waals surface area contributed by atoms with Gasteiger partial charge in [-0.15, -0.1) is 0 Å². The second kappa shape index (κ2) is 15.9. The first-order valence-electron chi connectivity index (χ1n) is 14.3. The zero-order valence-electron chi connectivity index (χ0n) is 25.2. The summed E-state index contributed by atoms with van der Waals surface area (Å²) in [5.74, 6) is 1.90. The van der Waals surface area contributed by atoms with Crippen LogP contribution in [0.2, 0.25) is 0 Å². The molecule has 0 aliphatic heterocycles. The van der Waals surface area contributed by atoms with Gasteiger partial charge in [-0.25, -0.2) is 0 Å². The molecule has 214 valence electrons. The van der Waals surface area contributed by atoms with Crippen LogP contribution in [0.4, 0.5) is 0 Å². The van der Waals surface area contributed by atoms with Gasteiger partial charge in [0, 0.05) is 30.3 Å². The zero-order valence-corrected chi connectivity index (χ0v) is 26.7. The Morgan fingerprint density at radius 1 is 0.684 bits per heavy atom. The largest absolute Gasteiger partial charge is 0.494 e. The van der Waals surface area contributed by atoms with Gasteiger partial charge in [-0.3, -0.25) is 0 Å². The third-order valence-corrected chi connectivity index (χ3v) is 7.25. The highest BCUT2D eigenvalue weighted by Crippen LogP contribution is 2.36. The summed E-state index contributed by atoms with van der Waals surface area (Å²) in [5, 5.41) is 1.04. The summed E-state index contributed by atoms with van der Waals surface area (Å²) in [7, 11) is 4.57. The molecule has 0 spiro atoms. The molecule has 2 rings (SSSR count). The first-order chi connectivity index (χ1) is 17.9. The van der Waals surface area contributed by atoms with E-state index in [0.29, 0.717) is 12.0 Å². The molecule has 0 radical (unpaired) electrons. The molecule has 0 fully saturated rings. The fraction of sp³-hybridized carbons (Fsp3) is 0.636. The number of halogens is 1. The number of quaternary nitrogens is 1. The first-order valence-corrected chi connectivity index (χ1v) is 15.4. The van der Waals surface area contributed by atoms with E-state index in [1.807, 2.05) is 0 Å². The molecular weight excluding hydrogens is 538 g/mol. The van der Waals surface area contributed by atoms with Crippen LogP contribution in [0.25, 0.3) is 0 Å². The number of rotatable bonds is 18. The molecule has 0 saturated heterocycles. The SMILES string of the molecule is CC(C)(C)CC(C)(C)c1ccc(OCCCOCCC[N+](C)(C)Cc2ccc(OCCCCBr)cc2)cc1. The van der Waals surface area contributed by atoms with Crippen LogP contribution in [0.3, 0.4) is 0 Å². The van der Waals surface area contributed by atoms with Crippen LogP contribution >= 0.6 is 15.9 Å². The van der Waals surface area contributed by atoms with Gasteiger partial charge in [0.15, 0.2) is 0 Å². The van der Waals surface area contributed by atoms with Crippen molar-refractivity contribution in [3.63, 3.8) is 0 Å². The number of hydrogen-bond donors (Lipinski definition) is 0. The minimum atomic E-state index is 0.157. The number of ether oxygens (including phenoxy) is 3. The van der Waals surface area contributed by atoms with Gasteiger partial charge in [-0.1, -0.05) is 62.7 Å². The molecule has 2 aromatic carbocycles. The standard InChI is InChI=1S/C33H53BrNO3/c1-32(2,3)27-33(4,5)29-14-18-31(19-15-29)38-25-11-23-36-22-10-21-35(6,7)26-28-12-16-30(17-13-28)37-24-9-8-20-34/h12-19H,8-11,20-27H2,1-7H3/q+1. The maximum atomic E-state index is 5.95. The average Bonchev–Trinajstić information content (AvgIpc) is 2.83. The summed E-state index contributed by atoms with van der Waals surface area (Å²) < 4.78 is 18.6. The Morgan fingerprint density at radius 2 is 1.24 bits per heavy atom. The van der Waals surface area contributed by atoms with Crippen molar-refractivity contribution in [3.05, 3.63) is 59.7 Å². The number of hydrogen-bond acceptors (Lipinski definition) is 3. The summed E-state index contributed by atoms with van der Waals surface area (Å²) in [6.45, 7) is 16.6. The maximum Gasteiger partial charge on any atom is 0.119 e. The molecule has 0 heterocycles. The Labute approximate surface area is 241 Å². The van der Waals surface area contributed by atoms with Crippen molar-refractivity contribution in [3.8, 4) is 11.5 Å². The quantitative estimate of drug-likeness (QED) is 0.0990. The molecule has 0 saturated carbocycles. The fourth-order valence-corrected chi connectivity index (χ4v) is 5.53. The van der Waals surface area contributed by atoms with Crippen molar-refractivity contribution in [2.45, 2.75) is 78.7 Å². The Hall–Kier alpha value is -1.56. The highest BCUT2D eigenvalue weighted by Gasteiger charge is 2.27. The van der Waals surface area contributed by atoms with E-state index in [1.54, 1.807) is 0 Å². The van der Waals surface area contributed by atoms with Crippen LogP contribution < -0.4 is 9.47 Å². The minimum absolute atomic E-state index is 0.157. The van der Waals surface area contributed by atoms with Gasteiger partial charge in [0.05, 0.1) is 40.5 Å². The zero-order chi connectivity index (χ0) is 28.1. The Bertz CT molecular complexity index is 901. The molecule has 0 amide bonds. The molecule has 0 bridgehead atoms. The Balaban J connectivity index is 1.58. The lowest BCUT2D eigenvalue weighted by atomic mass is 9.72. The van der Waals surface area contributed by atoms with Crippen LogP contribution in [0.5, 0.6) is 11.5 Å². The predicted molar refractivity (Wildman–Crippen MR) is 165 cm³/mol. The predicted octanol–water partition coefficient (Wildman–Crippen LogP) is 8.41. The molecule has 5 heteroatoms. The lowest BCUT2D eigenvalue weighted by Gasteiger charge is -2.33. The van der Waals surface area contributed by atoms with E-state index in [1.165, 1.54) is 11.1 Å². The number of benzene rings is 2. The molecule has 0 N–H and O–H groups in total. The van der Waals surface area contributed by atoms with Gasteiger partial charge in [-0.05, 0) is 72.1 Å². The van der Waals surface area contributed by atoms with Crippen molar-refractivity contribution in [1.82, 2.24) is 0 Å². The lowest BCUT2D eigenvalue weighted by molar-refractivity contribution is -0.903. The van der Waals surface area contributed by atoms with Crippen molar-refractivity contribution < 1.29 is 18.7 Å². The van der Waals surface area contributed by atoms with E-state index in [9.17, 15) is 0 Å². The number of unbranched alkanes of at least 4 members (excludes halogenated alkanes) is 1. The normalized spacial score (nSPS) is 12.5. The van der Waals surface area contributed by atoms with Crippen molar-refractivity contribution in [2.24, 2.45) is 5.41 Å². The monoisotopic (exact) mass is 590 g/mol. The Morgan fingerprint density at radius 3 is 1.82 bits per heavy atom. The Kier molecular flexibility index (Phi) is 13.6. The molecular formula is C33H53BrNO3+. The van der Waals surface area contributed by atoms with E-state index in [-0.39, 0.29) is 5.41 Å². The van der Waals surface area contributed by atoms with Crippen molar-refractivity contribution in [1.29, 1.82) is 0 Å². The van der Waals surface area contributed by atoms with E-state index < -0.39 is 0 Å². The van der Waals surface area contributed by atoms with Gasteiger partial charge >= 0.3 is 0 Å². The second-order valence-corrected chi connectivity index (χ2v) is 13.8. The molecule has 2 aromatic rings. The van der Waals surface area contributed by atoms with E-state index in [4.69, 9.17) is 14.2 Å². The highest BCUT2D eigenvalue weighted by atomic mass is 79.9. The molecule has 38 heavy (non-hydrogen) atoms. The van der Waals surface area contributed by atoms with Crippen LogP contribution in [0.15, 0.2) is 48.5 Å². The minimum Gasteiger partial charge on any atom is -0.494 e. The molecule has 0 aliphatic rings. The van der Waals surface area contributed by atoms with Crippen LogP contribution in [0, 0.1) is 5.41 Å². The summed E-state index contributed by atoms with van der Waals surface area (Å²) in [5.41, 5.74) is 3.17. The van der Waals surface area contributed by atoms with Gasteiger partial charge in [-0.2, -0.15) is 0 Å². The molecule has 4 nitrogen and oxygen atoms in total. The second-order valence-electron chi connectivity index (χ2n) is 13.0. The maximum absolute atomic E-state index is 5.95. The topological polar surface area (TPSA) is 27.7 Å². The van der Waals surface area contributed by atoms with Crippen LogP contribution in [0.1, 0.15) is 77.8 Å². The summed E-state index contributed by atoms with van der Waals surface area (Å²) >= 11 is 3.46. The highest BCUT2D eigenvalue weighted by molar-refractivity contribution is 9.09. The summed E-state index contributed by atoms with van der Waals surface area (Å²) in [4.78, 5) is 0. The van der Waals surface area contributed by atoms with Crippen LogP contribution in [-0.2, 0) is 16.7 Å². The summed E-state index contributed by atoms with van der Waals surface area (Å²) in [6.07, 6.45) is 5.33. The summed E-state index contributed by atoms with van der Waals surface area (Å²) in [6, 6.07) is 17.2. The molecule has 0 aliphatic carbocycles. The molecule has 0 unspecified atom stereocenters. The molecule has 0 atom stereocenters. The smallest absolute Gasteiger partial charge is 0.119 e. The lowest BCUT2D eigenvalue weighted by Crippen LogP contribution is -2.40. The van der Waals surface area contributed by atoms with Crippen molar-refractivity contribution >= 4 is 15.9 Å². The van der Waals surface area contributed by atoms with Crippen LogP contribution in [-0.4, -0.2) is 56.9 Å². The van der Waals surface area contributed by atoms with E-state index >= 15 is 0 Å². The number of nitrogens with zero attached hydrogens (tertiary/aromatic N) is 1. The van der Waals surface area contributed by atoms with Gasteiger partial charge in [0.25, 0.3) is 0 Å². The van der Waals surface area contributed by atoms with Gasteiger partial charge in [0.2, 0.25) is 0 Å². The average molecular weight is 592 g/mol. The molecule has 0 aromatic heterocycles. The van der Waals surface area contributed by atoms with Crippen molar-refractivity contribution in [2.75, 3.05) is 52.4 Å². The fourth-order valence-electron chi connectivity index (χ4n) is 5.13. The third kappa shape index (κ3) is 13.5. The van der Waals surface area contributed by atoms with E-state index in [0.717, 1.165) is 86.3 Å².